The maximum Gasteiger partial charge on any atom is 0.264 e. The summed E-state index contributed by atoms with van der Waals surface area (Å²) in [6.45, 7) is 0. The lowest BCUT2D eigenvalue weighted by Gasteiger charge is -2.29. The number of hydrogen-bond acceptors (Lipinski definition) is 2. The third kappa shape index (κ3) is 1.38. The molecule has 5 heteroatoms. The Hall–Kier alpha value is -1.78. The van der Waals surface area contributed by atoms with Gasteiger partial charge in [-0.05, 0) is 43.2 Å². The van der Waals surface area contributed by atoms with Crippen molar-refractivity contribution in [2.75, 3.05) is 0 Å². The lowest BCUT2D eigenvalue weighted by atomic mass is 9.94. The van der Waals surface area contributed by atoms with Gasteiger partial charge in [-0.2, -0.15) is 0 Å². The van der Waals surface area contributed by atoms with Gasteiger partial charge in [0.25, 0.3) is 11.8 Å². The van der Waals surface area contributed by atoms with Crippen LogP contribution < -0.4 is 0 Å². The van der Waals surface area contributed by atoms with Gasteiger partial charge in [-0.3, -0.25) is 14.5 Å². The molecule has 3 nitrogen and oxygen atoms in total. The lowest BCUT2D eigenvalue weighted by Crippen LogP contribution is -2.43. The third-order valence-corrected chi connectivity index (χ3v) is 5.00. The first kappa shape index (κ1) is 12.0. The molecule has 1 aromatic rings. The molecule has 3 atom stereocenters. The first-order chi connectivity index (χ1) is 9.58. The van der Waals surface area contributed by atoms with E-state index in [0.29, 0.717) is 11.8 Å². The van der Waals surface area contributed by atoms with Crippen molar-refractivity contribution >= 4 is 11.8 Å². The minimum absolute atomic E-state index is 0.181. The van der Waals surface area contributed by atoms with Crippen molar-refractivity contribution < 1.29 is 18.4 Å². The molecule has 1 aliphatic heterocycles. The van der Waals surface area contributed by atoms with Crippen molar-refractivity contribution in [3.63, 3.8) is 0 Å². The monoisotopic (exact) mass is 277 g/mol. The Morgan fingerprint density at radius 1 is 0.950 bits per heavy atom. The Kier molecular flexibility index (Phi) is 2.32. The van der Waals surface area contributed by atoms with E-state index >= 15 is 0 Å². The van der Waals surface area contributed by atoms with E-state index in [4.69, 9.17) is 0 Å². The first-order valence-corrected chi connectivity index (χ1v) is 6.94. The fourth-order valence-electron chi connectivity index (χ4n) is 4.13. The number of hydrogen-bond donors (Lipinski definition) is 0. The number of benzene rings is 1. The average molecular weight is 277 g/mol. The Morgan fingerprint density at radius 3 is 2.00 bits per heavy atom. The molecule has 0 aromatic heterocycles. The number of nitrogens with zero attached hydrogens (tertiary/aromatic N) is 1. The van der Waals surface area contributed by atoms with E-state index in [9.17, 15) is 18.4 Å². The zero-order valence-electron chi connectivity index (χ0n) is 10.7. The predicted molar refractivity (Wildman–Crippen MR) is 66.1 cm³/mol. The van der Waals surface area contributed by atoms with Gasteiger partial charge in [0.15, 0.2) is 0 Å². The molecule has 2 saturated carbocycles. The van der Waals surface area contributed by atoms with Gasteiger partial charge in [-0.15, -0.1) is 0 Å². The summed E-state index contributed by atoms with van der Waals surface area (Å²) < 4.78 is 27.6. The van der Waals surface area contributed by atoms with E-state index in [2.05, 4.69) is 0 Å². The van der Waals surface area contributed by atoms with Crippen molar-refractivity contribution in [3.8, 4) is 0 Å². The highest BCUT2D eigenvalue weighted by Crippen LogP contribution is 2.48. The van der Waals surface area contributed by atoms with Crippen LogP contribution in [0, 0.1) is 23.5 Å². The predicted octanol–water partition coefficient (Wildman–Crippen LogP) is 2.75. The van der Waals surface area contributed by atoms with E-state index in [1.54, 1.807) is 0 Å². The Labute approximate surface area is 114 Å². The maximum atomic E-state index is 13.8. The molecule has 0 radical (unpaired) electrons. The zero-order valence-corrected chi connectivity index (χ0v) is 10.7. The van der Waals surface area contributed by atoms with Crippen molar-refractivity contribution in [1.82, 2.24) is 4.90 Å². The van der Waals surface area contributed by atoms with E-state index in [-0.39, 0.29) is 6.04 Å². The van der Waals surface area contributed by atoms with Gasteiger partial charge >= 0.3 is 0 Å². The van der Waals surface area contributed by atoms with E-state index in [1.807, 2.05) is 0 Å². The Balaban J connectivity index is 1.78. The molecule has 20 heavy (non-hydrogen) atoms. The fourth-order valence-corrected chi connectivity index (χ4v) is 4.13. The van der Waals surface area contributed by atoms with Crippen LogP contribution in [-0.2, 0) is 0 Å². The van der Waals surface area contributed by atoms with Crippen LogP contribution in [0.25, 0.3) is 0 Å². The Bertz CT molecular complexity index is 602. The zero-order chi connectivity index (χ0) is 14.0. The number of carbonyl (C=O) groups excluding carboxylic acids is 2. The van der Waals surface area contributed by atoms with Crippen molar-refractivity contribution in [2.24, 2.45) is 11.8 Å². The van der Waals surface area contributed by atoms with Gasteiger partial charge in [-0.1, -0.05) is 6.42 Å². The van der Waals surface area contributed by atoms with Gasteiger partial charge in [0.05, 0.1) is 11.1 Å². The summed E-state index contributed by atoms with van der Waals surface area (Å²) in [7, 11) is 0. The summed E-state index contributed by atoms with van der Waals surface area (Å²) in [5.41, 5.74) is -0.782. The van der Waals surface area contributed by atoms with Crippen molar-refractivity contribution in [1.29, 1.82) is 0 Å². The van der Waals surface area contributed by atoms with Crippen LogP contribution in [0.4, 0.5) is 8.78 Å². The largest absolute Gasteiger partial charge is 0.271 e. The van der Waals surface area contributed by atoms with Gasteiger partial charge in [0, 0.05) is 6.04 Å². The highest BCUT2D eigenvalue weighted by atomic mass is 19.1. The molecule has 1 heterocycles. The van der Waals surface area contributed by atoms with Crippen LogP contribution in [-0.4, -0.2) is 22.8 Å². The van der Waals surface area contributed by atoms with Gasteiger partial charge in [0.1, 0.15) is 11.6 Å². The summed E-state index contributed by atoms with van der Waals surface area (Å²) in [4.78, 5) is 25.8. The second-order valence-corrected chi connectivity index (χ2v) is 6.00. The SMILES string of the molecule is O=C1c2c(F)ccc(F)c2C(=O)N1C1CC2CCC1C2. The van der Waals surface area contributed by atoms with Gasteiger partial charge in [0.2, 0.25) is 0 Å². The highest BCUT2D eigenvalue weighted by molar-refractivity contribution is 6.21. The van der Waals surface area contributed by atoms with Gasteiger partial charge < -0.3 is 0 Å². The molecule has 0 N–H and O–H groups in total. The summed E-state index contributed by atoms with van der Waals surface area (Å²) >= 11 is 0. The van der Waals surface area contributed by atoms with Crippen LogP contribution in [0.2, 0.25) is 0 Å². The quantitative estimate of drug-likeness (QED) is 0.740. The molecular formula is C15H13F2NO2. The molecule has 2 aliphatic carbocycles. The number of halogens is 2. The molecule has 2 fully saturated rings. The third-order valence-electron chi connectivity index (χ3n) is 5.00. The molecule has 3 unspecified atom stereocenters. The minimum Gasteiger partial charge on any atom is -0.271 e. The van der Waals surface area contributed by atoms with E-state index in [0.717, 1.165) is 42.7 Å². The van der Waals surface area contributed by atoms with Crippen molar-refractivity contribution in [2.45, 2.75) is 31.7 Å². The molecule has 0 spiro atoms. The highest BCUT2D eigenvalue weighted by Gasteiger charge is 2.50. The molecule has 0 saturated heterocycles. The molecule has 2 amide bonds. The van der Waals surface area contributed by atoms with Crippen molar-refractivity contribution in [3.05, 3.63) is 34.9 Å². The molecule has 1 aromatic carbocycles. The maximum absolute atomic E-state index is 13.8. The summed E-state index contributed by atoms with van der Waals surface area (Å²) in [5.74, 6) is -2.12. The van der Waals surface area contributed by atoms with Crippen LogP contribution in [0.3, 0.4) is 0 Å². The molecule has 4 rings (SSSR count). The molecular weight excluding hydrogens is 264 g/mol. The number of imide groups is 1. The lowest BCUT2D eigenvalue weighted by molar-refractivity contribution is 0.0527. The number of fused-ring (bicyclic) bond motifs is 3. The molecule has 3 aliphatic rings. The number of rotatable bonds is 1. The van der Waals surface area contributed by atoms with Crippen LogP contribution >= 0.6 is 0 Å². The van der Waals surface area contributed by atoms with Crippen LogP contribution in [0.1, 0.15) is 46.4 Å². The van der Waals surface area contributed by atoms with Crippen LogP contribution in [0.15, 0.2) is 12.1 Å². The second-order valence-electron chi connectivity index (χ2n) is 6.00. The van der Waals surface area contributed by atoms with E-state index < -0.39 is 34.6 Å². The van der Waals surface area contributed by atoms with Crippen LogP contribution in [0.5, 0.6) is 0 Å². The summed E-state index contributed by atoms with van der Waals surface area (Å²) in [6.07, 6.45) is 3.92. The number of carbonyl (C=O) groups is 2. The average Bonchev–Trinajstić information content (AvgIpc) is 3.08. The second kappa shape index (κ2) is 3.87. The number of amides is 2. The topological polar surface area (TPSA) is 37.4 Å². The normalized spacial score (nSPS) is 31.3. The standard InChI is InChI=1S/C15H13F2NO2/c16-9-3-4-10(17)13-12(9)14(19)18(15(13)20)11-6-7-1-2-8(11)5-7/h3-4,7-8,11H,1-2,5-6H2. The smallest absolute Gasteiger partial charge is 0.264 e. The first-order valence-electron chi connectivity index (χ1n) is 6.94. The molecule has 2 bridgehead atoms. The summed E-state index contributed by atoms with van der Waals surface area (Å²) in [6, 6.07) is 1.63. The van der Waals surface area contributed by atoms with Gasteiger partial charge in [-0.25, -0.2) is 8.78 Å². The molecule has 104 valence electrons. The van der Waals surface area contributed by atoms with E-state index in [1.165, 1.54) is 0 Å². The fraction of sp³-hybridized carbons (Fsp3) is 0.467. The summed E-state index contributed by atoms with van der Waals surface area (Å²) in [5, 5.41) is 0. The minimum atomic E-state index is -0.814. The Morgan fingerprint density at radius 2 is 1.55 bits per heavy atom.